The first kappa shape index (κ1) is 17.0. The van der Waals surface area contributed by atoms with Gasteiger partial charge in [-0.2, -0.15) is 4.72 Å². The number of nitrogens with one attached hydrogen (secondary N) is 1. The van der Waals surface area contributed by atoms with Gasteiger partial charge in [0.25, 0.3) is 0 Å². The van der Waals surface area contributed by atoms with Crippen LogP contribution in [0.5, 0.6) is 5.75 Å². The molecule has 122 valence electrons. The second kappa shape index (κ2) is 7.26. The number of ether oxygens (including phenoxy) is 1. The molecule has 0 aliphatic rings. The van der Waals surface area contributed by atoms with Crippen LogP contribution in [0.4, 0.5) is 0 Å². The van der Waals surface area contributed by atoms with Crippen molar-refractivity contribution in [2.24, 2.45) is 0 Å². The van der Waals surface area contributed by atoms with Crippen LogP contribution in [0.2, 0.25) is 0 Å². The monoisotopic (exact) mass is 335 g/mol. The Morgan fingerprint density at radius 2 is 1.87 bits per heavy atom. The minimum atomic E-state index is -3.86. The van der Waals surface area contributed by atoms with E-state index in [0.717, 1.165) is 0 Å². The molecule has 1 atom stereocenters. The van der Waals surface area contributed by atoms with E-state index in [-0.39, 0.29) is 17.1 Å². The summed E-state index contributed by atoms with van der Waals surface area (Å²) < 4.78 is 31.7. The molecule has 0 heterocycles. The molecule has 2 N–H and O–H groups in total. The predicted molar refractivity (Wildman–Crippen MR) is 84.4 cm³/mol. The number of carbonyl (C=O) groups is 1. The zero-order valence-corrected chi connectivity index (χ0v) is 13.3. The highest BCUT2D eigenvalue weighted by Gasteiger charge is 2.26. The lowest BCUT2D eigenvalue weighted by atomic mass is 10.1. The van der Waals surface area contributed by atoms with Gasteiger partial charge in [0.15, 0.2) is 0 Å². The predicted octanol–water partition coefficient (Wildman–Crippen LogP) is 1.45. The Morgan fingerprint density at radius 3 is 2.48 bits per heavy atom. The number of benzene rings is 2. The molecule has 7 heteroatoms. The molecule has 1 unspecified atom stereocenters. The van der Waals surface area contributed by atoms with Crippen molar-refractivity contribution < 1.29 is 23.1 Å². The fourth-order valence-corrected chi connectivity index (χ4v) is 3.30. The topological polar surface area (TPSA) is 92.7 Å². The van der Waals surface area contributed by atoms with E-state index in [2.05, 4.69) is 9.46 Å². The number of carbonyl (C=O) groups excluding carboxylic acids is 1. The van der Waals surface area contributed by atoms with E-state index in [0.29, 0.717) is 5.56 Å². The molecule has 0 radical (unpaired) electrons. The molecule has 0 fully saturated rings. The smallest absolute Gasteiger partial charge is 0.324 e. The average Bonchev–Trinajstić information content (AvgIpc) is 2.54. The molecule has 0 saturated carbocycles. The Balaban J connectivity index is 2.24. The quantitative estimate of drug-likeness (QED) is 0.780. The van der Waals surface area contributed by atoms with Crippen LogP contribution in [-0.2, 0) is 26.0 Å². The number of rotatable bonds is 6. The van der Waals surface area contributed by atoms with E-state index in [1.165, 1.54) is 31.4 Å². The van der Waals surface area contributed by atoms with Crippen LogP contribution in [0.3, 0.4) is 0 Å². The standard InChI is InChI=1S/C16H17NO5S/c1-22-16(19)15(11-12-6-5-7-13(18)10-12)17-23(20,21)14-8-3-2-4-9-14/h2-10,15,17-18H,11H2,1H3. The van der Waals surface area contributed by atoms with E-state index in [1.807, 2.05) is 0 Å². The zero-order chi connectivity index (χ0) is 16.9. The number of phenols is 1. The lowest BCUT2D eigenvalue weighted by Crippen LogP contribution is -2.42. The van der Waals surface area contributed by atoms with Gasteiger partial charge in [-0.15, -0.1) is 0 Å². The third-order valence-electron chi connectivity index (χ3n) is 3.19. The minimum absolute atomic E-state index is 0.0389. The highest BCUT2D eigenvalue weighted by molar-refractivity contribution is 7.89. The number of phenolic OH excluding ortho intramolecular Hbond substituents is 1. The van der Waals surface area contributed by atoms with Gasteiger partial charge in [-0.25, -0.2) is 8.42 Å². The van der Waals surface area contributed by atoms with Gasteiger partial charge >= 0.3 is 5.97 Å². The molecule has 0 spiro atoms. The Kier molecular flexibility index (Phi) is 5.36. The first-order chi connectivity index (χ1) is 10.9. The maximum Gasteiger partial charge on any atom is 0.324 e. The third kappa shape index (κ3) is 4.54. The molecule has 0 bridgehead atoms. The van der Waals surface area contributed by atoms with E-state index in [1.54, 1.807) is 30.3 Å². The van der Waals surface area contributed by atoms with Crippen LogP contribution in [0.25, 0.3) is 0 Å². The zero-order valence-electron chi connectivity index (χ0n) is 12.5. The first-order valence-corrected chi connectivity index (χ1v) is 8.34. The van der Waals surface area contributed by atoms with Gasteiger partial charge in [0, 0.05) is 0 Å². The number of hydrogen-bond acceptors (Lipinski definition) is 5. The van der Waals surface area contributed by atoms with Crippen LogP contribution in [0.15, 0.2) is 59.5 Å². The Hall–Kier alpha value is -2.38. The van der Waals surface area contributed by atoms with Crippen molar-refractivity contribution in [1.29, 1.82) is 0 Å². The summed E-state index contributed by atoms with van der Waals surface area (Å²) in [6.45, 7) is 0. The van der Waals surface area contributed by atoms with E-state index < -0.39 is 22.0 Å². The molecule has 2 aromatic carbocycles. The molecule has 2 aromatic rings. The van der Waals surface area contributed by atoms with Crippen molar-refractivity contribution in [1.82, 2.24) is 4.72 Å². The number of esters is 1. The molecule has 0 amide bonds. The van der Waals surface area contributed by atoms with Crippen molar-refractivity contribution in [3.05, 3.63) is 60.2 Å². The summed E-state index contributed by atoms with van der Waals surface area (Å²) in [6.07, 6.45) is 0.0626. The maximum absolute atomic E-state index is 12.4. The Bertz CT molecular complexity index is 774. The maximum atomic E-state index is 12.4. The number of sulfonamides is 1. The van der Waals surface area contributed by atoms with Gasteiger partial charge in [-0.05, 0) is 36.2 Å². The lowest BCUT2D eigenvalue weighted by Gasteiger charge is -2.17. The van der Waals surface area contributed by atoms with Crippen LogP contribution < -0.4 is 4.72 Å². The van der Waals surface area contributed by atoms with Crippen LogP contribution >= 0.6 is 0 Å². The molecule has 0 aliphatic heterocycles. The van der Waals surface area contributed by atoms with Gasteiger partial charge in [0.1, 0.15) is 11.8 Å². The fourth-order valence-electron chi connectivity index (χ4n) is 2.09. The van der Waals surface area contributed by atoms with Crippen molar-refractivity contribution in [2.45, 2.75) is 17.4 Å². The Labute approximate surface area is 134 Å². The SMILES string of the molecule is COC(=O)C(Cc1cccc(O)c1)NS(=O)(=O)c1ccccc1. The second-order valence-corrected chi connectivity index (χ2v) is 6.60. The summed E-state index contributed by atoms with van der Waals surface area (Å²) in [7, 11) is -2.67. The molecule has 2 rings (SSSR count). The van der Waals surface area contributed by atoms with Gasteiger partial charge in [-0.1, -0.05) is 30.3 Å². The molecule has 0 aliphatic carbocycles. The average molecular weight is 335 g/mol. The van der Waals surface area contributed by atoms with Crippen molar-refractivity contribution in [2.75, 3.05) is 7.11 Å². The third-order valence-corrected chi connectivity index (χ3v) is 4.67. The van der Waals surface area contributed by atoms with Crippen molar-refractivity contribution in [3.63, 3.8) is 0 Å². The summed E-state index contributed by atoms with van der Waals surface area (Å²) >= 11 is 0. The molecular formula is C16H17NO5S. The Morgan fingerprint density at radius 1 is 1.17 bits per heavy atom. The van der Waals surface area contributed by atoms with Gasteiger partial charge in [0.2, 0.25) is 10.0 Å². The molecular weight excluding hydrogens is 318 g/mol. The van der Waals surface area contributed by atoms with E-state index >= 15 is 0 Å². The van der Waals surface area contributed by atoms with Crippen LogP contribution in [0.1, 0.15) is 5.56 Å². The van der Waals surface area contributed by atoms with E-state index in [9.17, 15) is 18.3 Å². The van der Waals surface area contributed by atoms with Gasteiger partial charge < -0.3 is 9.84 Å². The lowest BCUT2D eigenvalue weighted by molar-refractivity contribution is -0.142. The normalized spacial score (nSPS) is 12.6. The number of hydrogen-bond donors (Lipinski definition) is 2. The van der Waals surface area contributed by atoms with E-state index in [4.69, 9.17) is 0 Å². The van der Waals surface area contributed by atoms with Gasteiger partial charge in [0.05, 0.1) is 12.0 Å². The number of aromatic hydroxyl groups is 1. The summed E-state index contributed by atoms with van der Waals surface area (Å²) in [6, 6.07) is 12.9. The first-order valence-electron chi connectivity index (χ1n) is 6.85. The van der Waals surface area contributed by atoms with Crippen LogP contribution in [0, 0.1) is 0 Å². The van der Waals surface area contributed by atoms with Gasteiger partial charge in [-0.3, -0.25) is 4.79 Å². The highest BCUT2D eigenvalue weighted by atomic mass is 32.2. The molecule has 0 saturated heterocycles. The second-order valence-electron chi connectivity index (χ2n) is 4.88. The summed E-state index contributed by atoms with van der Waals surface area (Å²) in [4.78, 5) is 12.0. The van der Waals surface area contributed by atoms with Crippen LogP contribution in [-0.4, -0.2) is 32.6 Å². The fraction of sp³-hybridized carbons (Fsp3) is 0.188. The summed E-state index contributed by atoms with van der Waals surface area (Å²) in [5.74, 6) is -0.662. The minimum Gasteiger partial charge on any atom is -0.508 e. The molecule has 23 heavy (non-hydrogen) atoms. The molecule has 6 nitrogen and oxygen atoms in total. The highest BCUT2D eigenvalue weighted by Crippen LogP contribution is 2.15. The van der Waals surface area contributed by atoms with Crippen molar-refractivity contribution in [3.8, 4) is 5.75 Å². The largest absolute Gasteiger partial charge is 0.508 e. The summed E-state index contributed by atoms with van der Waals surface area (Å²) in [5.41, 5.74) is 0.608. The van der Waals surface area contributed by atoms with Crippen molar-refractivity contribution >= 4 is 16.0 Å². The molecule has 0 aromatic heterocycles. The number of methoxy groups -OCH3 is 1. The summed E-state index contributed by atoms with van der Waals surface area (Å²) in [5, 5.41) is 9.48.